The van der Waals surface area contributed by atoms with E-state index in [2.05, 4.69) is 41.9 Å². The standard InChI is InChI=1S/C26H20Br2ClN3O4/c1-14(2)24-31-22-7-6-18(27)10-20(22)25(33)32(24)30-12-17-9-19(29)11-21(28)23(17)36-13-15-4-3-5-16(8-15)26(34)35/h3-12,14H,13H2,1-2H3,(H,34,35). The van der Waals surface area contributed by atoms with Gasteiger partial charge in [0.25, 0.3) is 5.56 Å². The largest absolute Gasteiger partial charge is 0.487 e. The van der Waals surface area contributed by atoms with E-state index in [1.807, 2.05) is 19.9 Å². The van der Waals surface area contributed by atoms with Crippen LogP contribution in [-0.2, 0) is 6.61 Å². The van der Waals surface area contributed by atoms with Crippen LogP contribution in [0.1, 0.15) is 47.1 Å². The van der Waals surface area contributed by atoms with Crippen molar-refractivity contribution in [2.24, 2.45) is 5.10 Å². The van der Waals surface area contributed by atoms with E-state index in [9.17, 15) is 14.7 Å². The molecule has 0 saturated carbocycles. The van der Waals surface area contributed by atoms with Crippen LogP contribution in [-0.4, -0.2) is 27.0 Å². The summed E-state index contributed by atoms with van der Waals surface area (Å²) in [5, 5.41) is 14.6. The van der Waals surface area contributed by atoms with Crippen LogP contribution in [0, 0.1) is 0 Å². The van der Waals surface area contributed by atoms with Crippen molar-refractivity contribution in [2.45, 2.75) is 26.4 Å². The lowest BCUT2D eigenvalue weighted by Gasteiger charge is -2.14. The monoisotopic (exact) mass is 631 g/mol. The summed E-state index contributed by atoms with van der Waals surface area (Å²) in [4.78, 5) is 29.3. The lowest BCUT2D eigenvalue weighted by atomic mass is 10.1. The fourth-order valence-corrected chi connectivity index (χ4v) is 4.86. The second kappa shape index (κ2) is 10.9. The van der Waals surface area contributed by atoms with Gasteiger partial charge in [0.2, 0.25) is 0 Å². The summed E-state index contributed by atoms with van der Waals surface area (Å²) in [5.74, 6) is -0.120. The van der Waals surface area contributed by atoms with Gasteiger partial charge in [-0.1, -0.05) is 53.5 Å². The van der Waals surface area contributed by atoms with Crippen molar-refractivity contribution in [3.05, 3.63) is 101 Å². The molecule has 1 N–H and O–H groups in total. The fraction of sp³-hybridized carbons (Fsp3) is 0.154. The molecule has 10 heteroatoms. The van der Waals surface area contributed by atoms with Crippen LogP contribution in [0.3, 0.4) is 0 Å². The summed E-state index contributed by atoms with van der Waals surface area (Å²) in [6.45, 7) is 3.99. The molecule has 36 heavy (non-hydrogen) atoms. The molecule has 0 amide bonds. The zero-order valence-corrected chi connectivity index (χ0v) is 23.1. The molecule has 0 aliphatic carbocycles. The van der Waals surface area contributed by atoms with E-state index >= 15 is 0 Å². The number of aromatic carboxylic acids is 1. The minimum Gasteiger partial charge on any atom is -0.487 e. The molecule has 0 radical (unpaired) electrons. The van der Waals surface area contributed by atoms with Crippen LogP contribution in [0.25, 0.3) is 10.9 Å². The van der Waals surface area contributed by atoms with Crippen molar-refractivity contribution in [1.29, 1.82) is 0 Å². The Morgan fingerprint density at radius 3 is 2.69 bits per heavy atom. The SMILES string of the molecule is CC(C)c1nc2ccc(Br)cc2c(=O)n1N=Cc1cc(Cl)cc(Br)c1OCc1cccc(C(=O)O)c1. The zero-order valence-electron chi connectivity index (χ0n) is 19.2. The van der Waals surface area contributed by atoms with Gasteiger partial charge in [-0.05, 0) is 64.0 Å². The maximum Gasteiger partial charge on any atom is 0.335 e. The average molecular weight is 634 g/mol. The number of fused-ring (bicyclic) bond motifs is 1. The lowest BCUT2D eigenvalue weighted by Crippen LogP contribution is -2.23. The molecule has 0 aliphatic heterocycles. The van der Waals surface area contributed by atoms with Crippen LogP contribution in [0.5, 0.6) is 5.75 Å². The molecule has 0 spiro atoms. The van der Waals surface area contributed by atoms with Crippen LogP contribution >= 0.6 is 43.5 Å². The number of aromatic nitrogens is 2. The summed E-state index contributed by atoms with van der Waals surface area (Å²) >= 11 is 13.2. The van der Waals surface area contributed by atoms with E-state index in [-0.39, 0.29) is 23.6 Å². The van der Waals surface area contributed by atoms with Crippen molar-refractivity contribution in [2.75, 3.05) is 0 Å². The van der Waals surface area contributed by atoms with Crippen molar-refractivity contribution >= 4 is 66.5 Å². The quantitative estimate of drug-likeness (QED) is 0.225. The van der Waals surface area contributed by atoms with E-state index in [0.29, 0.717) is 43.1 Å². The number of carboxylic acids is 1. The van der Waals surface area contributed by atoms with E-state index in [0.717, 1.165) is 4.47 Å². The van der Waals surface area contributed by atoms with E-state index in [1.54, 1.807) is 42.5 Å². The molecule has 0 unspecified atom stereocenters. The first-order valence-electron chi connectivity index (χ1n) is 10.8. The Hall–Kier alpha value is -3.01. The summed E-state index contributed by atoms with van der Waals surface area (Å²) < 4.78 is 8.67. The number of halogens is 3. The number of rotatable bonds is 7. The number of ether oxygens (including phenoxy) is 1. The van der Waals surface area contributed by atoms with Gasteiger partial charge < -0.3 is 9.84 Å². The molecule has 1 aromatic heterocycles. The first kappa shape index (κ1) is 26.1. The summed E-state index contributed by atoms with van der Waals surface area (Å²) in [6, 6.07) is 15.2. The third-order valence-corrected chi connectivity index (χ3v) is 6.56. The highest BCUT2D eigenvalue weighted by atomic mass is 79.9. The molecule has 0 fully saturated rings. The smallest absolute Gasteiger partial charge is 0.335 e. The zero-order chi connectivity index (χ0) is 26.0. The number of carboxylic acid groups (broad SMARTS) is 1. The van der Waals surface area contributed by atoms with Gasteiger partial charge >= 0.3 is 5.97 Å². The molecule has 0 bridgehead atoms. The van der Waals surface area contributed by atoms with Gasteiger partial charge in [-0.25, -0.2) is 9.78 Å². The number of hydrogen-bond donors (Lipinski definition) is 1. The maximum atomic E-state index is 13.3. The third kappa shape index (κ3) is 5.69. The highest BCUT2D eigenvalue weighted by Crippen LogP contribution is 2.33. The average Bonchev–Trinajstić information content (AvgIpc) is 2.83. The molecular weight excluding hydrogens is 614 g/mol. The fourth-order valence-electron chi connectivity index (χ4n) is 3.55. The van der Waals surface area contributed by atoms with Crippen LogP contribution in [0.4, 0.5) is 0 Å². The molecule has 4 rings (SSSR count). The highest BCUT2D eigenvalue weighted by Gasteiger charge is 2.15. The molecule has 4 aromatic rings. The van der Waals surface area contributed by atoms with Crippen molar-refractivity contribution in [1.82, 2.24) is 9.66 Å². The Bertz CT molecular complexity index is 1570. The van der Waals surface area contributed by atoms with Crippen molar-refractivity contribution in [3.8, 4) is 5.75 Å². The second-order valence-corrected chi connectivity index (χ2v) is 10.5. The maximum absolute atomic E-state index is 13.3. The third-order valence-electron chi connectivity index (χ3n) is 5.26. The molecule has 3 aromatic carbocycles. The van der Waals surface area contributed by atoms with Gasteiger partial charge in [0.1, 0.15) is 18.2 Å². The topological polar surface area (TPSA) is 93.8 Å². The molecular formula is C26H20Br2ClN3O4. The Labute approximate surface area is 228 Å². The van der Waals surface area contributed by atoms with Crippen molar-refractivity contribution in [3.63, 3.8) is 0 Å². The number of carbonyl (C=O) groups is 1. The normalized spacial score (nSPS) is 11.5. The van der Waals surface area contributed by atoms with Gasteiger partial charge in [-0.15, -0.1) is 0 Å². The predicted molar refractivity (Wildman–Crippen MR) is 148 cm³/mol. The van der Waals surface area contributed by atoms with E-state index in [1.165, 1.54) is 17.0 Å². The molecule has 1 heterocycles. The number of hydrogen-bond acceptors (Lipinski definition) is 5. The minimum atomic E-state index is -1.01. The van der Waals surface area contributed by atoms with E-state index < -0.39 is 5.97 Å². The van der Waals surface area contributed by atoms with Crippen molar-refractivity contribution < 1.29 is 14.6 Å². The summed E-state index contributed by atoms with van der Waals surface area (Å²) in [5.41, 5.74) is 1.68. The van der Waals surface area contributed by atoms with Gasteiger partial charge in [0.15, 0.2) is 0 Å². The Balaban J connectivity index is 1.75. The molecule has 184 valence electrons. The first-order valence-corrected chi connectivity index (χ1v) is 12.8. The summed E-state index contributed by atoms with van der Waals surface area (Å²) in [6.07, 6.45) is 1.50. The molecule has 7 nitrogen and oxygen atoms in total. The second-order valence-electron chi connectivity index (χ2n) is 8.25. The van der Waals surface area contributed by atoms with Gasteiger partial charge in [-0.2, -0.15) is 9.78 Å². The highest BCUT2D eigenvalue weighted by molar-refractivity contribution is 9.10. The lowest BCUT2D eigenvalue weighted by molar-refractivity contribution is 0.0696. The van der Waals surface area contributed by atoms with Crippen LogP contribution in [0.15, 0.2) is 73.4 Å². The molecule has 0 saturated heterocycles. The Morgan fingerprint density at radius 2 is 1.97 bits per heavy atom. The minimum absolute atomic E-state index is 0.0637. The van der Waals surface area contributed by atoms with Gasteiger partial charge in [0, 0.05) is 21.0 Å². The molecule has 0 atom stereocenters. The Morgan fingerprint density at radius 1 is 1.19 bits per heavy atom. The Kier molecular flexibility index (Phi) is 7.92. The first-order chi connectivity index (χ1) is 17.1. The number of benzene rings is 3. The predicted octanol–water partition coefficient (Wildman–Crippen LogP) is 6.86. The number of nitrogens with zero attached hydrogens (tertiary/aromatic N) is 3. The van der Waals surface area contributed by atoms with Crippen LogP contribution in [0.2, 0.25) is 5.02 Å². The van der Waals surface area contributed by atoms with Gasteiger partial charge in [0.05, 0.1) is 27.2 Å². The van der Waals surface area contributed by atoms with E-state index in [4.69, 9.17) is 16.3 Å². The molecule has 0 aliphatic rings. The van der Waals surface area contributed by atoms with Gasteiger partial charge in [-0.3, -0.25) is 4.79 Å². The van der Waals surface area contributed by atoms with Crippen LogP contribution < -0.4 is 10.3 Å². The summed E-state index contributed by atoms with van der Waals surface area (Å²) in [7, 11) is 0.